The second kappa shape index (κ2) is 4.72. The van der Waals surface area contributed by atoms with Crippen molar-refractivity contribution >= 4 is 5.91 Å². The van der Waals surface area contributed by atoms with Gasteiger partial charge in [0, 0.05) is 13.1 Å². The van der Waals surface area contributed by atoms with Gasteiger partial charge in [-0.05, 0) is 32.2 Å². The van der Waals surface area contributed by atoms with E-state index in [1.807, 2.05) is 4.90 Å². The summed E-state index contributed by atoms with van der Waals surface area (Å²) in [7, 11) is 0. The Kier molecular flexibility index (Phi) is 3.50. The van der Waals surface area contributed by atoms with Crippen LogP contribution in [0.4, 0.5) is 0 Å². The van der Waals surface area contributed by atoms with Crippen LogP contribution in [-0.4, -0.2) is 47.2 Å². The molecule has 2 atom stereocenters. The fourth-order valence-electron chi connectivity index (χ4n) is 2.96. The molecule has 2 rings (SSSR count). The smallest absolute Gasteiger partial charge is 0.242 e. The Morgan fingerprint density at radius 2 is 2.44 bits per heavy atom. The van der Waals surface area contributed by atoms with Crippen molar-refractivity contribution in [2.45, 2.75) is 50.7 Å². The summed E-state index contributed by atoms with van der Waals surface area (Å²) in [6, 6.07) is 0. The maximum atomic E-state index is 12.5. The Balaban J connectivity index is 2.05. The largest absolute Gasteiger partial charge is 0.391 e. The predicted molar refractivity (Wildman–Crippen MR) is 62.1 cm³/mol. The van der Waals surface area contributed by atoms with Crippen molar-refractivity contribution in [2.75, 3.05) is 19.6 Å². The average molecular weight is 226 g/mol. The summed E-state index contributed by atoms with van der Waals surface area (Å²) in [5.74, 6) is 0.211. The van der Waals surface area contributed by atoms with Crippen molar-refractivity contribution in [1.82, 2.24) is 10.2 Å². The summed E-state index contributed by atoms with van der Waals surface area (Å²) in [6.45, 7) is 4.30. The summed E-state index contributed by atoms with van der Waals surface area (Å²) >= 11 is 0. The van der Waals surface area contributed by atoms with Crippen molar-refractivity contribution < 1.29 is 9.90 Å². The van der Waals surface area contributed by atoms with Gasteiger partial charge in [-0.2, -0.15) is 0 Å². The molecule has 2 heterocycles. The zero-order chi connectivity index (χ0) is 11.6. The predicted octanol–water partition coefficient (Wildman–Crippen LogP) is 0.502. The van der Waals surface area contributed by atoms with Crippen LogP contribution in [0.1, 0.15) is 39.0 Å². The molecule has 2 aliphatic rings. The van der Waals surface area contributed by atoms with Crippen LogP contribution < -0.4 is 5.32 Å². The number of carbonyl (C=O) groups is 1. The molecular formula is C12H22N2O2. The standard InChI is InChI=1S/C12H22N2O2/c1-2-5-12(6-3-7-13-12)11(16)14-8-4-10(15)9-14/h10,13,15H,2-9H2,1H3. The Bertz CT molecular complexity index is 262. The zero-order valence-electron chi connectivity index (χ0n) is 10.0. The first-order valence-corrected chi connectivity index (χ1v) is 6.40. The van der Waals surface area contributed by atoms with Crippen LogP contribution in [0, 0.1) is 0 Å². The number of nitrogens with zero attached hydrogens (tertiary/aromatic N) is 1. The number of carbonyl (C=O) groups excluding carboxylic acids is 1. The first kappa shape index (κ1) is 11.9. The van der Waals surface area contributed by atoms with Gasteiger partial charge in [0.2, 0.25) is 5.91 Å². The number of amides is 1. The number of aliphatic hydroxyl groups is 1. The molecule has 1 amide bonds. The van der Waals surface area contributed by atoms with Crippen LogP contribution in [0.25, 0.3) is 0 Å². The van der Waals surface area contributed by atoms with E-state index in [4.69, 9.17) is 0 Å². The third-order valence-electron chi connectivity index (χ3n) is 3.78. The van der Waals surface area contributed by atoms with Gasteiger partial charge in [-0.3, -0.25) is 4.79 Å². The van der Waals surface area contributed by atoms with Crippen LogP contribution in [-0.2, 0) is 4.79 Å². The monoisotopic (exact) mass is 226 g/mol. The molecule has 92 valence electrons. The summed E-state index contributed by atoms with van der Waals surface area (Å²) in [5.41, 5.74) is -0.321. The van der Waals surface area contributed by atoms with E-state index in [1.54, 1.807) is 0 Å². The van der Waals surface area contributed by atoms with Gasteiger partial charge in [-0.1, -0.05) is 13.3 Å². The summed E-state index contributed by atoms with van der Waals surface area (Å²) < 4.78 is 0. The van der Waals surface area contributed by atoms with E-state index in [1.165, 1.54) is 0 Å². The maximum Gasteiger partial charge on any atom is 0.242 e. The van der Waals surface area contributed by atoms with E-state index in [2.05, 4.69) is 12.2 Å². The molecule has 0 spiro atoms. The molecule has 4 nitrogen and oxygen atoms in total. The molecule has 2 fully saturated rings. The highest BCUT2D eigenvalue weighted by Gasteiger charge is 2.43. The van der Waals surface area contributed by atoms with Gasteiger partial charge >= 0.3 is 0 Å². The molecule has 16 heavy (non-hydrogen) atoms. The van der Waals surface area contributed by atoms with Crippen molar-refractivity contribution in [2.24, 2.45) is 0 Å². The molecule has 0 aliphatic carbocycles. The van der Waals surface area contributed by atoms with Crippen LogP contribution >= 0.6 is 0 Å². The highest BCUT2D eigenvalue weighted by molar-refractivity contribution is 5.87. The molecule has 0 radical (unpaired) electrons. The fourth-order valence-corrected chi connectivity index (χ4v) is 2.96. The lowest BCUT2D eigenvalue weighted by Crippen LogP contribution is -2.54. The van der Waals surface area contributed by atoms with Gasteiger partial charge in [-0.15, -0.1) is 0 Å². The first-order valence-electron chi connectivity index (χ1n) is 6.40. The summed E-state index contributed by atoms with van der Waals surface area (Å²) in [6.07, 6.45) is 4.39. The quantitative estimate of drug-likeness (QED) is 0.737. The number of likely N-dealkylation sites (tertiary alicyclic amines) is 1. The van der Waals surface area contributed by atoms with E-state index < -0.39 is 0 Å². The SMILES string of the molecule is CCCC1(C(=O)N2CCC(O)C2)CCCN1. The van der Waals surface area contributed by atoms with Crippen molar-refractivity contribution in [3.05, 3.63) is 0 Å². The minimum Gasteiger partial charge on any atom is -0.391 e. The number of nitrogens with one attached hydrogen (secondary N) is 1. The number of aliphatic hydroxyl groups excluding tert-OH is 1. The second-order valence-corrected chi connectivity index (χ2v) is 5.06. The van der Waals surface area contributed by atoms with Gasteiger partial charge in [0.1, 0.15) is 0 Å². The van der Waals surface area contributed by atoms with E-state index in [0.29, 0.717) is 13.1 Å². The van der Waals surface area contributed by atoms with Crippen molar-refractivity contribution in [3.8, 4) is 0 Å². The molecule has 0 aromatic rings. The lowest BCUT2D eigenvalue weighted by molar-refractivity contribution is -0.137. The number of hydrogen-bond donors (Lipinski definition) is 2. The van der Waals surface area contributed by atoms with Crippen LogP contribution in [0.2, 0.25) is 0 Å². The van der Waals surface area contributed by atoms with Crippen LogP contribution in [0.3, 0.4) is 0 Å². The zero-order valence-corrected chi connectivity index (χ0v) is 10.0. The lowest BCUT2D eigenvalue weighted by Gasteiger charge is -2.32. The average Bonchev–Trinajstić information content (AvgIpc) is 2.87. The molecule has 0 saturated carbocycles. The van der Waals surface area contributed by atoms with E-state index in [9.17, 15) is 9.90 Å². The van der Waals surface area contributed by atoms with E-state index in [-0.39, 0.29) is 17.6 Å². The molecule has 0 bridgehead atoms. The first-order chi connectivity index (χ1) is 7.68. The van der Waals surface area contributed by atoms with Gasteiger partial charge in [0.15, 0.2) is 0 Å². The lowest BCUT2D eigenvalue weighted by atomic mass is 9.90. The molecule has 0 aromatic heterocycles. The third kappa shape index (κ3) is 2.09. The molecule has 0 aromatic carbocycles. The molecular weight excluding hydrogens is 204 g/mol. The van der Waals surface area contributed by atoms with Gasteiger partial charge < -0.3 is 15.3 Å². The minimum atomic E-state index is -0.321. The highest BCUT2D eigenvalue weighted by atomic mass is 16.3. The van der Waals surface area contributed by atoms with Gasteiger partial charge in [0.05, 0.1) is 11.6 Å². The van der Waals surface area contributed by atoms with Crippen LogP contribution in [0.5, 0.6) is 0 Å². The molecule has 2 saturated heterocycles. The van der Waals surface area contributed by atoms with Gasteiger partial charge in [0.25, 0.3) is 0 Å². The van der Waals surface area contributed by atoms with Crippen molar-refractivity contribution in [1.29, 1.82) is 0 Å². The molecule has 4 heteroatoms. The van der Waals surface area contributed by atoms with E-state index >= 15 is 0 Å². The second-order valence-electron chi connectivity index (χ2n) is 5.06. The Labute approximate surface area is 97.0 Å². The fraction of sp³-hybridized carbons (Fsp3) is 0.917. The Hall–Kier alpha value is -0.610. The Morgan fingerprint density at radius 1 is 1.62 bits per heavy atom. The Morgan fingerprint density at radius 3 is 2.94 bits per heavy atom. The highest BCUT2D eigenvalue weighted by Crippen LogP contribution is 2.28. The number of hydrogen-bond acceptors (Lipinski definition) is 3. The maximum absolute atomic E-state index is 12.5. The summed E-state index contributed by atoms with van der Waals surface area (Å²) in [5, 5.41) is 12.9. The van der Waals surface area contributed by atoms with Gasteiger partial charge in [-0.25, -0.2) is 0 Å². The molecule has 2 aliphatic heterocycles. The number of rotatable bonds is 3. The normalized spacial score (nSPS) is 34.6. The molecule has 2 N–H and O–H groups in total. The molecule has 2 unspecified atom stereocenters. The third-order valence-corrected chi connectivity index (χ3v) is 3.78. The van der Waals surface area contributed by atoms with Crippen molar-refractivity contribution in [3.63, 3.8) is 0 Å². The minimum absolute atomic E-state index is 0.211. The van der Waals surface area contributed by atoms with Crippen LogP contribution in [0.15, 0.2) is 0 Å². The topological polar surface area (TPSA) is 52.6 Å². The number of β-amino-alcohol motifs (C(OH)–C–C–N with tert-alkyl or cyclic N) is 1. The van der Waals surface area contributed by atoms with E-state index in [0.717, 1.165) is 38.6 Å². The summed E-state index contributed by atoms with van der Waals surface area (Å²) in [4.78, 5) is 14.3.